The van der Waals surface area contributed by atoms with Crippen molar-refractivity contribution in [2.24, 2.45) is 0 Å². The summed E-state index contributed by atoms with van der Waals surface area (Å²) in [6, 6.07) is 19.2. The number of benzene rings is 2. The highest BCUT2D eigenvalue weighted by Gasteiger charge is 2.23. The second kappa shape index (κ2) is 12.8. The molecule has 7 nitrogen and oxygen atoms in total. The summed E-state index contributed by atoms with van der Waals surface area (Å²) in [6.45, 7) is 4.17. The molecular formula is C25H29N5O2. The second-order valence-corrected chi connectivity index (χ2v) is 7.09. The van der Waals surface area contributed by atoms with E-state index in [0.29, 0.717) is 18.9 Å². The Hall–Kier alpha value is -3.76. The van der Waals surface area contributed by atoms with Crippen LogP contribution >= 0.6 is 0 Å². The van der Waals surface area contributed by atoms with Crippen LogP contribution in [0.3, 0.4) is 0 Å². The standard InChI is InChI=1S/C23H27N5O2.C2H2/c1-3-14-26(2)15-16-27(17-18-29)23(30)21-24-22(19-10-6-4-7-11-19)28(25-21)20-12-8-5-9-13-20;1-2/h4-13,18H,3,14-17H2,1-2H3;1-2H. The van der Waals surface area contributed by atoms with E-state index in [4.69, 9.17) is 0 Å². The molecule has 3 aromatic rings. The average Bonchev–Trinajstić information content (AvgIpc) is 3.29. The molecule has 0 spiro atoms. The van der Waals surface area contributed by atoms with Crippen LogP contribution in [0.1, 0.15) is 24.0 Å². The molecule has 0 radical (unpaired) electrons. The highest BCUT2D eigenvalue weighted by molar-refractivity contribution is 5.92. The van der Waals surface area contributed by atoms with Gasteiger partial charge in [0, 0.05) is 18.7 Å². The SMILES string of the molecule is C#C.CCCN(C)CCN(CC=O)C(=O)c1nc(-c2ccccc2)n(-c2ccccc2)n1. The zero-order chi connectivity index (χ0) is 23.3. The van der Waals surface area contributed by atoms with Gasteiger partial charge in [0.2, 0.25) is 5.82 Å². The van der Waals surface area contributed by atoms with Gasteiger partial charge in [-0.15, -0.1) is 17.9 Å². The van der Waals surface area contributed by atoms with Gasteiger partial charge in [-0.25, -0.2) is 9.67 Å². The molecule has 0 aliphatic rings. The normalized spacial score (nSPS) is 10.3. The molecule has 1 amide bonds. The summed E-state index contributed by atoms with van der Waals surface area (Å²) in [4.78, 5) is 32.5. The molecule has 7 heteroatoms. The fourth-order valence-electron chi connectivity index (χ4n) is 3.22. The van der Waals surface area contributed by atoms with E-state index in [2.05, 4.69) is 34.8 Å². The van der Waals surface area contributed by atoms with Crippen LogP contribution in [-0.2, 0) is 4.79 Å². The first kappa shape index (κ1) is 24.5. The molecule has 166 valence electrons. The van der Waals surface area contributed by atoms with Crippen molar-refractivity contribution in [2.45, 2.75) is 13.3 Å². The van der Waals surface area contributed by atoms with Crippen LogP contribution in [0.2, 0.25) is 0 Å². The first-order chi connectivity index (χ1) is 15.6. The van der Waals surface area contributed by atoms with E-state index >= 15 is 0 Å². The number of carbonyl (C=O) groups is 2. The highest BCUT2D eigenvalue weighted by Crippen LogP contribution is 2.21. The van der Waals surface area contributed by atoms with Gasteiger partial charge in [0.15, 0.2) is 5.82 Å². The topological polar surface area (TPSA) is 71.3 Å². The molecule has 0 unspecified atom stereocenters. The number of para-hydroxylation sites is 1. The first-order valence-electron chi connectivity index (χ1n) is 10.5. The second-order valence-electron chi connectivity index (χ2n) is 7.09. The fraction of sp³-hybridized carbons (Fsp3) is 0.280. The number of likely N-dealkylation sites (N-methyl/N-ethyl adjacent to an activating group) is 1. The number of hydrogen-bond acceptors (Lipinski definition) is 5. The quantitative estimate of drug-likeness (QED) is 0.364. The number of terminal acetylenes is 1. The van der Waals surface area contributed by atoms with Crippen molar-refractivity contribution in [1.82, 2.24) is 24.6 Å². The average molecular weight is 432 g/mol. The van der Waals surface area contributed by atoms with Crippen LogP contribution in [0.4, 0.5) is 0 Å². The molecule has 0 saturated heterocycles. The summed E-state index contributed by atoms with van der Waals surface area (Å²) in [7, 11) is 2.00. The molecule has 0 bridgehead atoms. The summed E-state index contributed by atoms with van der Waals surface area (Å²) >= 11 is 0. The van der Waals surface area contributed by atoms with Gasteiger partial charge in [0.05, 0.1) is 12.2 Å². The Morgan fingerprint density at radius 3 is 2.22 bits per heavy atom. The zero-order valence-electron chi connectivity index (χ0n) is 18.6. The van der Waals surface area contributed by atoms with Gasteiger partial charge in [-0.1, -0.05) is 55.5 Å². The van der Waals surface area contributed by atoms with Gasteiger partial charge in [0.25, 0.3) is 5.91 Å². The molecule has 0 aliphatic carbocycles. The van der Waals surface area contributed by atoms with Crippen molar-refractivity contribution < 1.29 is 9.59 Å². The minimum Gasteiger partial charge on any atom is -0.328 e. The summed E-state index contributed by atoms with van der Waals surface area (Å²) in [5.74, 6) is 0.316. The number of hydrogen-bond donors (Lipinski definition) is 0. The smallest absolute Gasteiger partial charge is 0.293 e. The lowest BCUT2D eigenvalue weighted by Gasteiger charge is -2.22. The van der Waals surface area contributed by atoms with Crippen LogP contribution in [0.25, 0.3) is 17.1 Å². The number of aromatic nitrogens is 3. The van der Waals surface area contributed by atoms with Crippen molar-refractivity contribution in [2.75, 3.05) is 33.2 Å². The van der Waals surface area contributed by atoms with Crippen LogP contribution in [0.15, 0.2) is 60.7 Å². The fourth-order valence-corrected chi connectivity index (χ4v) is 3.22. The van der Waals surface area contributed by atoms with Gasteiger partial charge in [-0.05, 0) is 32.1 Å². The minimum atomic E-state index is -0.348. The molecule has 3 rings (SSSR count). The predicted molar refractivity (Wildman–Crippen MR) is 126 cm³/mol. The van der Waals surface area contributed by atoms with Crippen molar-refractivity contribution in [3.8, 4) is 29.9 Å². The van der Waals surface area contributed by atoms with Gasteiger partial charge in [0.1, 0.15) is 6.29 Å². The molecule has 1 aromatic heterocycles. The number of rotatable bonds is 10. The minimum absolute atomic E-state index is 0.0132. The maximum Gasteiger partial charge on any atom is 0.293 e. The molecule has 0 saturated carbocycles. The summed E-state index contributed by atoms with van der Waals surface area (Å²) < 4.78 is 1.67. The Morgan fingerprint density at radius 1 is 1.00 bits per heavy atom. The Morgan fingerprint density at radius 2 is 1.62 bits per heavy atom. The zero-order valence-corrected chi connectivity index (χ0v) is 18.6. The number of amides is 1. The lowest BCUT2D eigenvalue weighted by Crippen LogP contribution is -2.39. The predicted octanol–water partition coefficient (Wildman–Crippen LogP) is 3.17. The Labute approximate surface area is 189 Å². The van der Waals surface area contributed by atoms with Crippen molar-refractivity contribution >= 4 is 12.2 Å². The molecule has 2 aromatic carbocycles. The third-order valence-corrected chi connectivity index (χ3v) is 4.77. The number of carbonyl (C=O) groups excluding carboxylic acids is 2. The molecule has 0 fully saturated rings. The van der Waals surface area contributed by atoms with Gasteiger partial charge in [-0.3, -0.25) is 4.79 Å². The summed E-state index contributed by atoms with van der Waals surface area (Å²) in [5, 5.41) is 4.51. The third kappa shape index (κ3) is 6.37. The maximum absolute atomic E-state index is 13.1. The summed E-state index contributed by atoms with van der Waals surface area (Å²) in [5.41, 5.74) is 1.67. The van der Waals surface area contributed by atoms with Crippen LogP contribution in [0.5, 0.6) is 0 Å². The highest BCUT2D eigenvalue weighted by atomic mass is 16.2. The van der Waals surface area contributed by atoms with Crippen LogP contribution < -0.4 is 0 Å². The molecule has 0 atom stereocenters. The van der Waals surface area contributed by atoms with E-state index in [9.17, 15) is 9.59 Å². The van der Waals surface area contributed by atoms with E-state index in [0.717, 1.165) is 30.5 Å². The van der Waals surface area contributed by atoms with Crippen molar-refractivity contribution in [3.05, 3.63) is 66.5 Å². The lowest BCUT2D eigenvalue weighted by atomic mass is 10.2. The third-order valence-electron chi connectivity index (χ3n) is 4.77. The van der Waals surface area contributed by atoms with Gasteiger partial charge in [-0.2, -0.15) is 0 Å². The molecule has 0 aliphatic heterocycles. The Balaban J connectivity index is 0.00000176. The molecule has 1 heterocycles. The Kier molecular flexibility index (Phi) is 9.82. The van der Waals surface area contributed by atoms with E-state index < -0.39 is 0 Å². The molecule has 32 heavy (non-hydrogen) atoms. The van der Waals surface area contributed by atoms with E-state index in [1.165, 1.54) is 4.90 Å². The van der Waals surface area contributed by atoms with Crippen molar-refractivity contribution in [1.29, 1.82) is 0 Å². The Bertz CT molecular complexity index is 942. The maximum atomic E-state index is 13.1. The van der Waals surface area contributed by atoms with Crippen molar-refractivity contribution in [3.63, 3.8) is 0 Å². The monoisotopic (exact) mass is 431 g/mol. The molecule has 0 N–H and O–H groups in total. The number of nitrogens with zero attached hydrogens (tertiary/aromatic N) is 5. The first-order valence-corrected chi connectivity index (χ1v) is 10.5. The van der Waals surface area contributed by atoms with E-state index in [1.807, 2.05) is 67.7 Å². The lowest BCUT2D eigenvalue weighted by molar-refractivity contribution is -0.108. The summed E-state index contributed by atoms with van der Waals surface area (Å²) in [6.07, 6.45) is 9.77. The van der Waals surface area contributed by atoms with E-state index in [1.54, 1.807) is 4.68 Å². The molecular weight excluding hydrogens is 402 g/mol. The van der Waals surface area contributed by atoms with Crippen LogP contribution in [-0.4, -0.2) is 70.0 Å². The van der Waals surface area contributed by atoms with Crippen LogP contribution in [0, 0.1) is 12.8 Å². The van der Waals surface area contributed by atoms with Gasteiger partial charge >= 0.3 is 0 Å². The van der Waals surface area contributed by atoms with E-state index in [-0.39, 0.29) is 18.3 Å². The number of aldehydes is 1. The van der Waals surface area contributed by atoms with Gasteiger partial charge < -0.3 is 14.6 Å². The largest absolute Gasteiger partial charge is 0.328 e.